The number of anilines is 1. The first-order chi connectivity index (χ1) is 13.0. The van der Waals surface area contributed by atoms with Gasteiger partial charge in [0, 0.05) is 0 Å². The Morgan fingerprint density at radius 2 is 1.74 bits per heavy atom. The summed E-state index contributed by atoms with van der Waals surface area (Å²) in [7, 11) is 0. The van der Waals surface area contributed by atoms with Crippen molar-refractivity contribution in [3.05, 3.63) is 71.2 Å². The number of aryl methyl sites for hydroxylation is 1. The van der Waals surface area contributed by atoms with Crippen LogP contribution in [0.5, 0.6) is 5.75 Å². The van der Waals surface area contributed by atoms with Crippen molar-refractivity contribution in [3.8, 4) is 5.75 Å². The van der Waals surface area contributed by atoms with Crippen LogP contribution < -0.4 is 10.1 Å². The average Bonchev–Trinajstić information content (AvgIpc) is 2.67. The Balaban J connectivity index is 1.46. The van der Waals surface area contributed by atoms with Crippen molar-refractivity contribution in [1.29, 1.82) is 0 Å². The molecule has 0 fully saturated rings. The second-order valence-electron chi connectivity index (χ2n) is 5.99. The molecule has 138 valence electrons. The number of halogens is 1. The summed E-state index contributed by atoms with van der Waals surface area (Å²) in [5.41, 5.74) is 1.45. The van der Waals surface area contributed by atoms with Crippen LogP contribution in [0.4, 0.5) is 5.69 Å². The molecule has 3 rings (SSSR count). The number of carbonyl (C=O) groups excluding carboxylic acids is 2. The molecule has 5 nitrogen and oxygen atoms in total. The Hall–Kier alpha value is -3.05. The van der Waals surface area contributed by atoms with Crippen LogP contribution >= 0.6 is 11.6 Å². The monoisotopic (exact) mass is 383 g/mol. The lowest BCUT2D eigenvalue weighted by molar-refractivity contribution is -0.149. The molecular formula is C21H18ClNO4. The van der Waals surface area contributed by atoms with Crippen LogP contribution in [0.1, 0.15) is 5.56 Å². The molecule has 0 atom stereocenters. The lowest BCUT2D eigenvalue weighted by Crippen LogP contribution is -2.23. The van der Waals surface area contributed by atoms with Gasteiger partial charge in [-0.2, -0.15) is 0 Å². The summed E-state index contributed by atoms with van der Waals surface area (Å²) in [6, 6.07) is 18.6. The molecule has 0 aromatic heterocycles. The number of esters is 1. The first-order valence-corrected chi connectivity index (χ1v) is 8.72. The Kier molecular flexibility index (Phi) is 5.94. The molecule has 0 saturated carbocycles. The fourth-order valence-corrected chi connectivity index (χ4v) is 2.78. The maximum Gasteiger partial charge on any atom is 0.344 e. The molecule has 27 heavy (non-hydrogen) atoms. The summed E-state index contributed by atoms with van der Waals surface area (Å²) in [4.78, 5) is 23.7. The molecule has 0 aliphatic carbocycles. The molecule has 0 spiro atoms. The zero-order valence-electron chi connectivity index (χ0n) is 14.7. The molecule has 0 bridgehead atoms. The van der Waals surface area contributed by atoms with Crippen molar-refractivity contribution in [3.63, 3.8) is 0 Å². The molecule has 0 radical (unpaired) electrons. The van der Waals surface area contributed by atoms with Crippen molar-refractivity contribution in [2.24, 2.45) is 0 Å². The van der Waals surface area contributed by atoms with Gasteiger partial charge in [-0.05, 0) is 47.5 Å². The van der Waals surface area contributed by atoms with Gasteiger partial charge >= 0.3 is 5.97 Å². The number of rotatable bonds is 6. The zero-order chi connectivity index (χ0) is 19.2. The SMILES string of the molecule is Cc1ccc(NC(=O)COC(=O)COc2ccc3ccccc3c2)c(Cl)c1. The highest BCUT2D eigenvalue weighted by atomic mass is 35.5. The van der Waals surface area contributed by atoms with E-state index in [1.165, 1.54) is 0 Å². The van der Waals surface area contributed by atoms with Gasteiger partial charge in [-0.15, -0.1) is 0 Å². The van der Waals surface area contributed by atoms with Crippen LogP contribution in [0.2, 0.25) is 5.02 Å². The van der Waals surface area contributed by atoms with Crippen LogP contribution in [-0.4, -0.2) is 25.1 Å². The van der Waals surface area contributed by atoms with E-state index in [2.05, 4.69) is 5.32 Å². The molecule has 1 amide bonds. The van der Waals surface area contributed by atoms with Crippen LogP contribution in [0.3, 0.4) is 0 Å². The van der Waals surface area contributed by atoms with Gasteiger partial charge in [0.1, 0.15) is 5.75 Å². The van der Waals surface area contributed by atoms with Gasteiger partial charge in [0.15, 0.2) is 13.2 Å². The summed E-state index contributed by atoms with van der Waals surface area (Å²) in [6.07, 6.45) is 0. The van der Waals surface area contributed by atoms with E-state index >= 15 is 0 Å². The van der Waals surface area contributed by atoms with Crippen LogP contribution in [0, 0.1) is 6.92 Å². The van der Waals surface area contributed by atoms with Crippen LogP contribution in [0.25, 0.3) is 10.8 Å². The molecule has 0 unspecified atom stereocenters. The number of amides is 1. The average molecular weight is 384 g/mol. The molecule has 3 aromatic rings. The normalized spacial score (nSPS) is 10.4. The Morgan fingerprint density at radius 1 is 0.963 bits per heavy atom. The van der Waals surface area contributed by atoms with E-state index < -0.39 is 18.5 Å². The Labute approximate surface area is 161 Å². The largest absolute Gasteiger partial charge is 0.482 e. The molecule has 0 saturated heterocycles. The van der Waals surface area contributed by atoms with Gasteiger partial charge < -0.3 is 14.8 Å². The quantitative estimate of drug-likeness (QED) is 0.642. The zero-order valence-corrected chi connectivity index (χ0v) is 15.5. The standard InChI is InChI=1S/C21H18ClNO4/c1-14-6-9-19(18(22)10-14)23-20(24)12-27-21(25)13-26-17-8-7-15-4-2-3-5-16(15)11-17/h2-11H,12-13H2,1H3,(H,23,24). The smallest absolute Gasteiger partial charge is 0.344 e. The number of hydrogen-bond acceptors (Lipinski definition) is 4. The summed E-state index contributed by atoms with van der Waals surface area (Å²) < 4.78 is 10.4. The van der Waals surface area contributed by atoms with E-state index in [1.807, 2.05) is 49.4 Å². The van der Waals surface area contributed by atoms with Crippen molar-refractivity contribution >= 4 is 39.9 Å². The van der Waals surface area contributed by atoms with E-state index in [0.717, 1.165) is 16.3 Å². The van der Waals surface area contributed by atoms with Gasteiger partial charge in [-0.3, -0.25) is 4.79 Å². The summed E-state index contributed by atoms with van der Waals surface area (Å²) in [5.74, 6) is -0.547. The first kappa shape index (κ1) is 18.7. The lowest BCUT2D eigenvalue weighted by atomic mass is 10.1. The van der Waals surface area contributed by atoms with Crippen molar-refractivity contribution in [1.82, 2.24) is 0 Å². The predicted octanol–water partition coefficient (Wildman–Crippen LogP) is 4.36. The maximum absolute atomic E-state index is 11.9. The van der Waals surface area contributed by atoms with Crippen LogP contribution in [0.15, 0.2) is 60.7 Å². The van der Waals surface area contributed by atoms with Crippen molar-refractivity contribution < 1.29 is 19.1 Å². The minimum absolute atomic E-state index is 0.281. The highest BCUT2D eigenvalue weighted by Crippen LogP contribution is 2.22. The Bertz CT molecular complexity index is 987. The highest BCUT2D eigenvalue weighted by Gasteiger charge is 2.10. The number of ether oxygens (including phenoxy) is 2. The number of benzene rings is 3. The molecule has 1 N–H and O–H groups in total. The third kappa shape index (κ3) is 5.21. The summed E-state index contributed by atoms with van der Waals surface area (Å²) in [5, 5.41) is 5.12. The molecule has 0 aliphatic heterocycles. The number of fused-ring (bicyclic) bond motifs is 1. The molecule has 6 heteroatoms. The Morgan fingerprint density at radius 3 is 2.52 bits per heavy atom. The molecular weight excluding hydrogens is 366 g/mol. The van der Waals surface area contributed by atoms with E-state index in [0.29, 0.717) is 16.5 Å². The third-order valence-corrected chi connectivity index (χ3v) is 4.15. The van der Waals surface area contributed by atoms with Gasteiger partial charge in [0.2, 0.25) is 0 Å². The predicted molar refractivity (Wildman–Crippen MR) is 105 cm³/mol. The molecule has 0 heterocycles. The maximum atomic E-state index is 11.9. The van der Waals surface area contributed by atoms with Gasteiger partial charge in [0.25, 0.3) is 5.91 Å². The van der Waals surface area contributed by atoms with E-state index in [4.69, 9.17) is 21.1 Å². The van der Waals surface area contributed by atoms with E-state index in [-0.39, 0.29) is 6.61 Å². The second kappa shape index (κ2) is 8.56. The summed E-state index contributed by atoms with van der Waals surface area (Å²) >= 11 is 6.05. The van der Waals surface area contributed by atoms with Crippen molar-refractivity contribution in [2.75, 3.05) is 18.5 Å². The minimum Gasteiger partial charge on any atom is -0.482 e. The van der Waals surface area contributed by atoms with Gasteiger partial charge in [0.05, 0.1) is 10.7 Å². The topological polar surface area (TPSA) is 64.6 Å². The second-order valence-corrected chi connectivity index (χ2v) is 6.40. The van der Waals surface area contributed by atoms with Gasteiger partial charge in [-0.1, -0.05) is 48.0 Å². The van der Waals surface area contributed by atoms with E-state index in [1.54, 1.807) is 18.2 Å². The minimum atomic E-state index is -0.631. The number of carbonyl (C=O) groups is 2. The highest BCUT2D eigenvalue weighted by molar-refractivity contribution is 6.33. The fourth-order valence-electron chi connectivity index (χ4n) is 2.49. The number of nitrogens with one attached hydrogen (secondary N) is 1. The van der Waals surface area contributed by atoms with E-state index in [9.17, 15) is 9.59 Å². The molecule has 0 aliphatic rings. The first-order valence-electron chi connectivity index (χ1n) is 8.34. The van der Waals surface area contributed by atoms with Crippen LogP contribution in [-0.2, 0) is 14.3 Å². The summed E-state index contributed by atoms with van der Waals surface area (Å²) in [6.45, 7) is 1.20. The fraction of sp³-hybridized carbons (Fsp3) is 0.143. The number of hydrogen-bond donors (Lipinski definition) is 1. The van der Waals surface area contributed by atoms with Crippen molar-refractivity contribution in [2.45, 2.75) is 6.92 Å². The van der Waals surface area contributed by atoms with Gasteiger partial charge in [-0.25, -0.2) is 4.79 Å². The molecule has 3 aromatic carbocycles. The third-order valence-electron chi connectivity index (χ3n) is 3.84. The lowest BCUT2D eigenvalue weighted by Gasteiger charge is -2.09.